The summed E-state index contributed by atoms with van der Waals surface area (Å²) in [5.41, 5.74) is 4.63. The first-order chi connectivity index (χ1) is 8.34. The molecule has 0 saturated carbocycles. The molecule has 0 saturated heterocycles. The molecule has 1 amide bonds. The summed E-state index contributed by atoms with van der Waals surface area (Å²) >= 11 is 0. The van der Waals surface area contributed by atoms with Crippen LogP contribution < -0.4 is 11.1 Å². The van der Waals surface area contributed by atoms with Crippen LogP contribution in [-0.2, 0) is 11.0 Å². The highest BCUT2D eigenvalue weighted by Crippen LogP contribution is 2.27. The summed E-state index contributed by atoms with van der Waals surface area (Å²) in [6.45, 7) is 3.43. The molecule has 1 heterocycles. The van der Waals surface area contributed by atoms with Crippen molar-refractivity contribution < 1.29 is 18.0 Å². The van der Waals surface area contributed by atoms with E-state index in [4.69, 9.17) is 5.73 Å². The third-order valence-corrected chi connectivity index (χ3v) is 2.08. The fourth-order valence-corrected chi connectivity index (χ4v) is 1.16. The monoisotopic (exact) mass is 259 g/mol. The molecule has 18 heavy (non-hydrogen) atoms. The number of aromatic nitrogens is 1. The lowest BCUT2D eigenvalue weighted by Gasteiger charge is -2.11. The fraction of sp³-hybridized carbons (Fsp3) is 0.273. The Morgan fingerprint density at radius 2 is 2.22 bits per heavy atom. The number of anilines is 1. The van der Waals surface area contributed by atoms with Crippen molar-refractivity contribution in [1.29, 1.82) is 0 Å². The Morgan fingerprint density at radius 3 is 2.67 bits per heavy atom. The summed E-state index contributed by atoms with van der Waals surface area (Å²) in [7, 11) is 0. The lowest BCUT2D eigenvalue weighted by atomic mass is 10.2. The lowest BCUT2D eigenvalue weighted by Crippen LogP contribution is -2.35. The first-order valence-corrected chi connectivity index (χ1v) is 5.05. The second-order valence-electron chi connectivity index (χ2n) is 3.55. The zero-order valence-corrected chi connectivity index (χ0v) is 9.37. The van der Waals surface area contributed by atoms with E-state index in [1.54, 1.807) is 0 Å². The van der Waals surface area contributed by atoms with Gasteiger partial charge < -0.3 is 11.1 Å². The van der Waals surface area contributed by atoms with Gasteiger partial charge in [-0.3, -0.25) is 4.79 Å². The van der Waals surface area contributed by atoms with Gasteiger partial charge in [0.25, 0.3) is 0 Å². The highest BCUT2D eigenvalue weighted by molar-refractivity contribution is 5.94. The minimum Gasteiger partial charge on any atom is -0.323 e. The van der Waals surface area contributed by atoms with Crippen molar-refractivity contribution in [3.63, 3.8) is 0 Å². The molecular formula is C11H12F3N3O. The Kier molecular flexibility index (Phi) is 4.43. The van der Waals surface area contributed by atoms with Crippen molar-refractivity contribution in [3.8, 4) is 0 Å². The molecule has 1 aromatic rings. The van der Waals surface area contributed by atoms with Crippen LogP contribution in [0.15, 0.2) is 31.0 Å². The Hall–Kier alpha value is -1.89. The van der Waals surface area contributed by atoms with Crippen LogP contribution in [0, 0.1) is 0 Å². The standard InChI is InChI=1S/C11H12F3N3O/c1-2-3-8(15)10(18)17-7-4-5-9(16-6-7)11(12,13)14/h2,4-6,8H,1,3,15H2,(H,17,18). The number of alkyl halides is 3. The summed E-state index contributed by atoms with van der Waals surface area (Å²) in [5, 5.41) is 2.36. The third kappa shape index (κ3) is 3.85. The van der Waals surface area contributed by atoms with Crippen molar-refractivity contribution in [2.24, 2.45) is 5.73 Å². The normalized spacial score (nSPS) is 12.9. The number of amides is 1. The molecule has 7 heteroatoms. The molecule has 0 aromatic carbocycles. The van der Waals surface area contributed by atoms with Gasteiger partial charge in [-0.15, -0.1) is 6.58 Å². The van der Waals surface area contributed by atoms with Crippen LogP contribution in [0.25, 0.3) is 0 Å². The molecule has 0 aliphatic rings. The minimum atomic E-state index is -4.50. The summed E-state index contributed by atoms with van der Waals surface area (Å²) in [5.74, 6) is -0.503. The number of nitrogens with two attached hydrogens (primary N) is 1. The van der Waals surface area contributed by atoms with Gasteiger partial charge in [0.15, 0.2) is 0 Å². The molecule has 98 valence electrons. The summed E-state index contributed by atoms with van der Waals surface area (Å²) in [6, 6.07) is 1.12. The summed E-state index contributed by atoms with van der Waals surface area (Å²) in [4.78, 5) is 14.7. The highest BCUT2D eigenvalue weighted by atomic mass is 19.4. The number of carbonyl (C=O) groups excluding carboxylic acids is 1. The lowest BCUT2D eigenvalue weighted by molar-refractivity contribution is -0.141. The maximum Gasteiger partial charge on any atom is 0.433 e. The zero-order chi connectivity index (χ0) is 13.8. The summed E-state index contributed by atoms with van der Waals surface area (Å²) < 4.78 is 36.7. The van der Waals surface area contributed by atoms with Crippen LogP contribution in [0.5, 0.6) is 0 Å². The van der Waals surface area contributed by atoms with Crippen LogP contribution in [0.3, 0.4) is 0 Å². The van der Waals surface area contributed by atoms with Gasteiger partial charge in [0.05, 0.1) is 17.9 Å². The largest absolute Gasteiger partial charge is 0.433 e. The van der Waals surface area contributed by atoms with Gasteiger partial charge in [-0.2, -0.15) is 13.2 Å². The minimum absolute atomic E-state index is 0.160. The van der Waals surface area contributed by atoms with E-state index in [1.165, 1.54) is 6.08 Å². The molecule has 1 atom stereocenters. The number of carbonyl (C=O) groups is 1. The molecule has 3 N–H and O–H groups in total. The molecule has 0 bridgehead atoms. The quantitative estimate of drug-likeness (QED) is 0.812. The molecule has 0 fully saturated rings. The Bertz CT molecular complexity index is 428. The smallest absolute Gasteiger partial charge is 0.323 e. The second-order valence-corrected chi connectivity index (χ2v) is 3.55. The van der Waals surface area contributed by atoms with Gasteiger partial charge in [0, 0.05) is 0 Å². The van der Waals surface area contributed by atoms with Crippen LogP contribution in [-0.4, -0.2) is 16.9 Å². The molecular weight excluding hydrogens is 247 g/mol. The fourth-order valence-electron chi connectivity index (χ4n) is 1.16. The maximum absolute atomic E-state index is 12.2. The first-order valence-electron chi connectivity index (χ1n) is 5.05. The maximum atomic E-state index is 12.2. The van der Waals surface area contributed by atoms with Crippen molar-refractivity contribution in [1.82, 2.24) is 4.98 Å². The predicted octanol–water partition coefficient (Wildman–Crippen LogP) is 1.94. The number of hydrogen-bond donors (Lipinski definition) is 2. The highest BCUT2D eigenvalue weighted by Gasteiger charge is 2.32. The van der Waals surface area contributed by atoms with Gasteiger partial charge in [-0.05, 0) is 18.6 Å². The van der Waals surface area contributed by atoms with Crippen molar-refractivity contribution >= 4 is 11.6 Å². The molecule has 0 aliphatic heterocycles. The first kappa shape index (κ1) is 14.2. The second kappa shape index (κ2) is 5.63. The number of halogens is 3. The Labute approximate surface area is 102 Å². The average Bonchev–Trinajstić information content (AvgIpc) is 2.28. The number of nitrogens with one attached hydrogen (secondary N) is 1. The average molecular weight is 259 g/mol. The SMILES string of the molecule is C=CCC(N)C(=O)Nc1ccc(C(F)(F)F)nc1. The van der Waals surface area contributed by atoms with E-state index < -0.39 is 23.8 Å². The van der Waals surface area contributed by atoms with E-state index in [9.17, 15) is 18.0 Å². The van der Waals surface area contributed by atoms with E-state index in [2.05, 4.69) is 16.9 Å². The predicted molar refractivity (Wildman–Crippen MR) is 60.7 cm³/mol. The van der Waals surface area contributed by atoms with Gasteiger partial charge in [0.2, 0.25) is 5.91 Å². The molecule has 0 aliphatic carbocycles. The van der Waals surface area contributed by atoms with Gasteiger partial charge >= 0.3 is 6.18 Å². The Morgan fingerprint density at radius 1 is 1.56 bits per heavy atom. The van der Waals surface area contributed by atoms with E-state index >= 15 is 0 Å². The molecule has 1 unspecified atom stereocenters. The van der Waals surface area contributed by atoms with E-state index in [0.717, 1.165) is 18.3 Å². The number of rotatable bonds is 4. The Balaban J connectivity index is 2.70. The van der Waals surface area contributed by atoms with Crippen LogP contribution in [0.4, 0.5) is 18.9 Å². The summed E-state index contributed by atoms with van der Waals surface area (Å²) in [6.07, 6.45) is -1.81. The van der Waals surface area contributed by atoms with Crippen molar-refractivity contribution in [2.45, 2.75) is 18.6 Å². The topological polar surface area (TPSA) is 68.0 Å². The van der Waals surface area contributed by atoms with Crippen molar-refractivity contribution in [3.05, 3.63) is 36.7 Å². The number of hydrogen-bond acceptors (Lipinski definition) is 3. The molecule has 0 spiro atoms. The van der Waals surface area contributed by atoms with Gasteiger partial charge in [0.1, 0.15) is 5.69 Å². The van der Waals surface area contributed by atoms with Gasteiger partial charge in [-0.25, -0.2) is 4.98 Å². The molecule has 1 aromatic heterocycles. The molecule has 4 nitrogen and oxygen atoms in total. The van der Waals surface area contributed by atoms with E-state index in [1.807, 2.05) is 0 Å². The molecule has 1 rings (SSSR count). The number of pyridine rings is 1. The van der Waals surface area contributed by atoms with E-state index in [0.29, 0.717) is 0 Å². The molecule has 0 radical (unpaired) electrons. The van der Waals surface area contributed by atoms with E-state index in [-0.39, 0.29) is 12.1 Å². The van der Waals surface area contributed by atoms with Crippen LogP contribution in [0.1, 0.15) is 12.1 Å². The van der Waals surface area contributed by atoms with Crippen LogP contribution >= 0.6 is 0 Å². The zero-order valence-electron chi connectivity index (χ0n) is 9.37. The van der Waals surface area contributed by atoms with Gasteiger partial charge in [-0.1, -0.05) is 6.08 Å². The third-order valence-electron chi connectivity index (χ3n) is 2.08. The van der Waals surface area contributed by atoms with Crippen LogP contribution in [0.2, 0.25) is 0 Å². The van der Waals surface area contributed by atoms with Crippen molar-refractivity contribution in [2.75, 3.05) is 5.32 Å². The number of nitrogens with zero attached hydrogens (tertiary/aromatic N) is 1.